The minimum atomic E-state index is -0.564. The van der Waals surface area contributed by atoms with Gasteiger partial charge in [0.15, 0.2) is 0 Å². The summed E-state index contributed by atoms with van der Waals surface area (Å²) in [4.78, 5) is 25.8. The molecule has 1 fully saturated rings. The first-order valence-corrected chi connectivity index (χ1v) is 7.60. The number of esters is 1. The Hall–Kier alpha value is -1.56. The summed E-state index contributed by atoms with van der Waals surface area (Å²) >= 11 is 1.62. The summed E-state index contributed by atoms with van der Waals surface area (Å²) in [6.07, 6.45) is 0. The molecule has 0 bridgehead atoms. The highest BCUT2D eigenvalue weighted by Crippen LogP contribution is 2.20. The number of rotatable bonds is 3. The number of carbonyl (C=O) groups excluding carboxylic acids is 2. The minimum absolute atomic E-state index is 0.261. The Morgan fingerprint density at radius 3 is 2.75 bits per heavy atom. The Balaban J connectivity index is 2.16. The maximum Gasteiger partial charge on any atom is 0.329 e. The van der Waals surface area contributed by atoms with Gasteiger partial charge in [0.05, 0.1) is 6.61 Å². The SMILES string of the molecule is CCOC(=O)C1CSCCN1C(=O)c1ccc(F)cc1. The summed E-state index contributed by atoms with van der Waals surface area (Å²) in [6.45, 7) is 2.52. The molecule has 1 unspecified atom stereocenters. The highest BCUT2D eigenvalue weighted by atomic mass is 32.2. The second-order valence-corrected chi connectivity index (χ2v) is 5.50. The average molecular weight is 297 g/mol. The van der Waals surface area contributed by atoms with E-state index in [1.807, 2.05) is 0 Å². The van der Waals surface area contributed by atoms with Crippen molar-refractivity contribution in [1.29, 1.82) is 0 Å². The largest absolute Gasteiger partial charge is 0.464 e. The minimum Gasteiger partial charge on any atom is -0.464 e. The van der Waals surface area contributed by atoms with Gasteiger partial charge in [-0.1, -0.05) is 0 Å². The first-order valence-electron chi connectivity index (χ1n) is 6.44. The van der Waals surface area contributed by atoms with E-state index in [4.69, 9.17) is 4.74 Å². The summed E-state index contributed by atoms with van der Waals surface area (Å²) in [6, 6.07) is 4.78. The molecule has 1 heterocycles. The van der Waals surface area contributed by atoms with E-state index in [2.05, 4.69) is 0 Å². The maximum absolute atomic E-state index is 12.9. The molecule has 1 aliphatic heterocycles. The Bertz CT molecular complexity index is 492. The molecule has 0 aromatic heterocycles. The fraction of sp³-hybridized carbons (Fsp3) is 0.429. The average Bonchev–Trinajstić information content (AvgIpc) is 2.47. The third-order valence-corrected chi connectivity index (χ3v) is 4.06. The molecule has 1 atom stereocenters. The Morgan fingerprint density at radius 2 is 2.10 bits per heavy atom. The van der Waals surface area contributed by atoms with Crippen LogP contribution in [0.1, 0.15) is 17.3 Å². The molecule has 1 aromatic carbocycles. The zero-order chi connectivity index (χ0) is 14.5. The lowest BCUT2D eigenvalue weighted by molar-refractivity contribution is -0.147. The van der Waals surface area contributed by atoms with E-state index in [0.717, 1.165) is 5.75 Å². The van der Waals surface area contributed by atoms with Crippen LogP contribution < -0.4 is 0 Å². The molecular formula is C14H16FNO3S. The molecule has 0 spiro atoms. The van der Waals surface area contributed by atoms with Gasteiger partial charge in [0.25, 0.3) is 5.91 Å². The summed E-state index contributed by atoms with van der Waals surface area (Å²) in [7, 11) is 0. The monoisotopic (exact) mass is 297 g/mol. The van der Waals surface area contributed by atoms with E-state index in [9.17, 15) is 14.0 Å². The first kappa shape index (κ1) is 14.8. The topological polar surface area (TPSA) is 46.6 Å². The van der Waals surface area contributed by atoms with Crippen molar-refractivity contribution >= 4 is 23.6 Å². The standard InChI is InChI=1S/C14H16FNO3S/c1-2-19-14(18)12-9-20-8-7-16(12)13(17)10-3-5-11(15)6-4-10/h3-6,12H,2,7-9H2,1H3. The van der Waals surface area contributed by atoms with E-state index in [0.29, 0.717) is 24.5 Å². The van der Waals surface area contributed by atoms with Crippen LogP contribution in [0.25, 0.3) is 0 Å². The van der Waals surface area contributed by atoms with Gasteiger partial charge in [0.1, 0.15) is 11.9 Å². The van der Waals surface area contributed by atoms with Crippen molar-refractivity contribution in [1.82, 2.24) is 4.90 Å². The smallest absolute Gasteiger partial charge is 0.329 e. The molecule has 20 heavy (non-hydrogen) atoms. The van der Waals surface area contributed by atoms with Crippen LogP contribution in [0.3, 0.4) is 0 Å². The van der Waals surface area contributed by atoms with Crippen molar-refractivity contribution in [2.24, 2.45) is 0 Å². The van der Waals surface area contributed by atoms with Crippen molar-refractivity contribution in [2.75, 3.05) is 24.7 Å². The number of amides is 1. The number of ether oxygens (including phenoxy) is 1. The molecule has 0 N–H and O–H groups in total. The van der Waals surface area contributed by atoms with Gasteiger partial charge in [-0.3, -0.25) is 4.79 Å². The molecule has 0 aliphatic carbocycles. The number of hydrogen-bond donors (Lipinski definition) is 0. The van der Waals surface area contributed by atoms with E-state index in [-0.39, 0.29) is 11.9 Å². The molecule has 1 amide bonds. The van der Waals surface area contributed by atoms with Crippen LogP contribution in [0, 0.1) is 5.82 Å². The second-order valence-electron chi connectivity index (χ2n) is 4.35. The number of nitrogens with zero attached hydrogens (tertiary/aromatic N) is 1. The molecule has 0 radical (unpaired) electrons. The van der Waals surface area contributed by atoms with Crippen LogP contribution in [-0.4, -0.2) is 47.5 Å². The predicted molar refractivity (Wildman–Crippen MR) is 75.2 cm³/mol. The van der Waals surface area contributed by atoms with E-state index in [1.165, 1.54) is 29.2 Å². The zero-order valence-electron chi connectivity index (χ0n) is 11.2. The van der Waals surface area contributed by atoms with Crippen LogP contribution in [0.5, 0.6) is 0 Å². The van der Waals surface area contributed by atoms with Crippen molar-refractivity contribution in [3.8, 4) is 0 Å². The summed E-state index contributed by atoms with van der Waals surface area (Å²) in [5.74, 6) is 0.283. The molecule has 1 aliphatic rings. The Morgan fingerprint density at radius 1 is 1.40 bits per heavy atom. The molecular weight excluding hydrogens is 281 g/mol. The van der Waals surface area contributed by atoms with Crippen molar-refractivity contribution in [2.45, 2.75) is 13.0 Å². The van der Waals surface area contributed by atoms with Gasteiger partial charge >= 0.3 is 5.97 Å². The van der Waals surface area contributed by atoms with Crippen molar-refractivity contribution < 1.29 is 18.7 Å². The lowest BCUT2D eigenvalue weighted by Crippen LogP contribution is -2.51. The fourth-order valence-corrected chi connectivity index (χ4v) is 3.07. The highest BCUT2D eigenvalue weighted by Gasteiger charge is 2.33. The van der Waals surface area contributed by atoms with Crippen LogP contribution >= 0.6 is 11.8 Å². The van der Waals surface area contributed by atoms with Crippen LogP contribution in [-0.2, 0) is 9.53 Å². The van der Waals surface area contributed by atoms with Gasteiger partial charge in [0, 0.05) is 23.6 Å². The van der Waals surface area contributed by atoms with Crippen molar-refractivity contribution in [3.05, 3.63) is 35.6 Å². The van der Waals surface area contributed by atoms with Gasteiger partial charge in [-0.25, -0.2) is 9.18 Å². The molecule has 1 aromatic rings. The van der Waals surface area contributed by atoms with Crippen LogP contribution in [0.15, 0.2) is 24.3 Å². The fourth-order valence-electron chi connectivity index (χ4n) is 2.04. The molecule has 1 saturated heterocycles. The Kier molecular flexibility index (Phi) is 5.00. The molecule has 2 rings (SSSR count). The van der Waals surface area contributed by atoms with Crippen LogP contribution in [0.2, 0.25) is 0 Å². The van der Waals surface area contributed by atoms with Gasteiger partial charge in [-0.2, -0.15) is 11.8 Å². The van der Waals surface area contributed by atoms with Gasteiger partial charge in [-0.15, -0.1) is 0 Å². The highest BCUT2D eigenvalue weighted by molar-refractivity contribution is 7.99. The number of benzene rings is 1. The second kappa shape index (κ2) is 6.74. The van der Waals surface area contributed by atoms with Crippen LogP contribution in [0.4, 0.5) is 4.39 Å². The maximum atomic E-state index is 12.9. The van der Waals surface area contributed by atoms with Gasteiger partial charge < -0.3 is 9.64 Å². The Labute approximate surface area is 121 Å². The number of halogens is 1. The molecule has 108 valence electrons. The number of hydrogen-bond acceptors (Lipinski definition) is 4. The first-order chi connectivity index (χ1) is 9.63. The third-order valence-electron chi connectivity index (χ3n) is 3.04. The summed E-state index contributed by atoms with van der Waals surface area (Å²) in [5, 5.41) is 0. The molecule has 0 saturated carbocycles. The summed E-state index contributed by atoms with van der Waals surface area (Å²) in [5.41, 5.74) is 0.382. The zero-order valence-corrected chi connectivity index (χ0v) is 12.0. The predicted octanol–water partition coefficient (Wildman–Crippen LogP) is 1.95. The van der Waals surface area contributed by atoms with Gasteiger partial charge in [-0.05, 0) is 31.2 Å². The quantitative estimate of drug-likeness (QED) is 0.800. The third kappa shape index (κ3) is 3.30. The lowest BCUT2D eigenvalue weighted by atomic mass is 10.1. The van der Waals surface area contributed by atoms with E-state index < -0.39 is 11.9 Å². The molecule has 4 nitrogen and oxygen atoms in total. The van der Waals surface area contributed by atoms with Crippen molar-refractivity contribution in [3.63, 3.8) is 0 Å². The number of carbonyl (C=O) groups is 2. The molecule has 6 heteroatoms. The van der Waals surface area contributed by atoms with E-state index in [1.54, 1.807) is 18.7 Å². The van der Waals surface area contributed by atoms with Gasteiger partial charge in [0.2, 0.25) is 0 Å². The normalized spacial score (nSPS) is 18.7. The summed E-state index contributed by atoms with van der Waals surface area (Å²) < 4.78 is 17.9. The lowest BCUT2D eigenvalue weighted by Gasteiger charge is -2.33. The van der Waals surface area contributed by atoms with E-state index >= 15 is 0 Å². The number of thioether (sulfide) groups is 1.